The maximum absolute atomic E-state index is 12.2. The van der Waals surface area contributed by atoms with Gasteiger partial charge in [-0.2, -0.15) is 5.26 Å². The minimum Gasteiger partial charge on any atom is -0.307 e. The van der Waals surface area contributed by atoms with Gasteiger partial charge < -0.3 is 4.90 Å². The molecule has 0 spiro atoms. The highest BCUT2D eigenvalue weighted by atomic mass is 35.5. The van der Waals surface area contributed by atoms with Crippen LogP contribution in [0.15, 0.2) is 36.4 Å². The molecule has 1 amide bonds. The van der Waals surface area contributed by atoms with Crippen LogP contribution in [0.3, 0.4) is 0 Å². The lowest BCUT2D eigenvalue weighted by molar-refractivity contribution is -0.117. The quantitative estimate of drug-likeness (QED) is 0.850. The second kappa shape index (κ2) is 5.23. The monoisotopic (exact) mass is 296 g/mol. The van der Waals surface area contributed by atoms with Crippen molar-refractivity contribution in [2.45, 2.75) is 19.9 Å². The number of fused-ring (bicyclic) bond motifs is 1. The molecule has 3 rings (SSSR count). The molecule has 4 heteroatoms. The molecule has 104 valence electrons. The lowest BCUT2D eigenvalue weighted by Crippen LogP contribution is -2.26. The molecule has 3 nitrogen and oxygen atoms in total. The van der Waals surface area contributed by atoms with E-state index >= 15 is 0 Å². The molecule has 0 saturated carbocycles. The number of nitriles is 1. The number of halogens is 1. The van der Waals surface area contributed by atoms with E-state index in [-0.39, 0.29) is 5.91 Å². The van der Waals surface area contributed by atoms with Gasteiger partial charge in [-0.15, -0.1) is 0 Å². The van der Waals surface area contributed by atoms with Gasteiger partial charge in [0.05, 0.1) is 24.6 Å². The van der Waals surface area contributed by atoms with E-state index in [2.05, 4.69) is 6.07 Å². The SMILES string of the molecule is Cc1cc(C#N)ccc1CN1C(=O)Cc2ccc(Cl)cc21. The number of amides is 1. The van der Waals surface area contributed by atoms with E-state index < -0.39 is 0 Å². The maximum atomic E-state index is 12.2. The lowest BCUT2D eigenvalue weighted by atomic mass is 10.1. The number of carbonyl (C=O) groups is 1. The average molecular weight is 297 g/mol. The van der Waals surface area contributed by atoms with Gasteiger partial charge in [0.25, 0.3) is 0 Å². The van der Waals surface area contributed by atoms with Crippen LogP contribution in [0.5, 0.6) is 0 Å². The van der Waals surface area contributed by atoms with Crippen LogP contribution in [-0.4, -0.2) is 5.91 Å². The number of carbonyl (C=O) groups excluding carboxylic acids is 1. The summed E-state index contributed by atoms with van der Waals surface area (Å²) in [6, 6.07) is 13.2. The van der Waals surface area contributed by atoms with Crippen molar-refractivity contribution in [2.75, 3.05) is 4.90 Å². The molecular weight excluding hydrogens is 284 g/mol. The van der Waals surface area contributed by atoms with Gasteiger partial charge in [-0.1, -0.05) is 23.7 Å². The summed E-state index contributed by atoms with van der Waals surface area (Å²) in [5, 5.41) is 9.54. The second-order valence-electron chi connectivity index (χ2n) is 5.18. The van der Waals surface area contributed by atoms with E-state index in [0.29, 0.717) is 23.6 Å². The third-order valence-electron chi connectivity index (χ3n) is 3.78. The van der Waals surface area contributed by atoms with Crippen LogP contribution in [0.4, 0.5) is 5.69 Å². The van der Waals surface area contributed by atoms with Crippen LogP contribution < -0.4 is 4.90 Å². The van der Waals surface area contributed by atoms with E-state index in [9.17, 15) is 4.79 Å². The summed E-state index contributed by atoms with van der Waals surface area (Å²) in [4.78, 5) is 14.0. The molecule has 2 aromatic rings. The summed E-state index contributed by atoms with van der Waals surface area (Å²) in [7, 11) is 0. The Morgan fingerprint density at radius 1 is 1.29 bits per heavy atom. The summed E-state index contributed by atoms with van der Waals surface area (Å²) in [5.74, 6) is 0.0797. The Labute approximate surface area is 128 Å². The number of aryl methyl sites for hydroxylation is 1. The van der Waals surface area contributed by atoms with Crippen molar-refractivity contribution in [2.24, 2.45) is 0 Å². The van der Waals surface area contributed by atoms with Gasteiger partial charge in [-0.25, -0.2) is 0 Å². The Morgan fingerprint density at radius 2 is 2.10 bits per heavy atom. The molecule has 0 saturated heterocycles. The number of benzene rings is 2. The first-order valence-electron chi connectivity index (χ1n) is 6.67. The van der Waals surface area contributed by atoms with Crippen molar-refractivity contribution in [3.8, 4) is 6.07 Å². The minimum absolute atomic E-state index is 0.0797. The van der Waals surface area contributed by atoms with Crippen LogP contribution in [0.2, 0.25) is 5.02 Å². The highest BCUT2D eigenvalue weighted by Crippen LogP contribution is 2.33. The van der Waals surface area contributed by atoms with Gasteiger partial charge >= 0.3 is 0 Å². The first-order valence-corrected chi connectivity index (χ1v) is 7.04. The molecule has 1 aliphatic rings. The number of anilines is 1. The van der Waals surface area contributed by atoms with E-state index in [0.717, 1.165) is 22.4 Å². The zero-order chi connectivity index (χ0) is 15.0. The van der Waals surface area contributed by atoms with Gasteiger partial charge in [-0.3, -0.25) is 4.79 Å². The van der Waals surface area contributed by atoms with Crippen LogP contribution in [-0.2, 0) is 17.8 Å². The average Bonchev–Trinajstić information content (AvgIpc) is 2.77. The molecule has 0 radical (unpaired) electrons. The predicted octanol–water partition coefficient (Wildman–Crippen LogP) is 3.61. The van der Waals surface area contributed by atoms with Gasteiger partial charge in [0.1, 0.15) is 0 Å². The third-order valence-corrected chi connectivity index (χ3v) is 4.02. The molecule has 0 aliphatic carbocycles. The predicted molar refractivity (Wildman–Crippen MR) is 82.2 cm³/mol. The van der Waals surface area contributed by atoms with Crippen molar-refractivity contribution < 1.29 is 4.79 Å². The topological polar surface area (TPSA) is 44.1 Å². The Hall–Kier alpha value is -2.31. The molecule has 0 unspecified atom stereocenters. The van der Waals surface area contributed by atoms with Crippen molar-refractivity contribution in [1.29, 1.82) is 5.26 Å². The summed E-state index contributed by atoms with van der Waals surface area (Å²) < 4.78 is 0. The highest BCUT2D eigenvalue weighted by Gasteiger charge is 2.27. The molecule has 0 aromatic heterocycles. The fourth-order valence-electron chi connectivity index (χ4n) is 2.62. The first-order chi connectivity index (χ1) is 10.1. The summed E-state index contributed by atoms with van der Waals surface area (Å²) in [5.41, 5.74) is 4.58. The highest BCUT2D eigenvalue weighted by molar-refractivity contribution is 6.31. The Balaban J connectivity index is 1.94. The van der Waals surface area contributed by atoms with Gasteiger partial charge in [-0.05, 0) is 47.9 Å². The third kappa shape index (κ3) is 2.51. The lowest BCUT2D eigenvalue weighted by Gasteiger charge is -2.19. The molecule has 1 aliphatic heterocycles. The van der Waals surface area contributed by atoms with Gasteiger partial charge in [0.2, 0.25) is 5.91 Å². The molecule has 0 N–H and O–H groups in total. The standard InChI is InChI=1S/C17H13ClN2O/c1-11-6-12(9-19)2-3-14(11)10-20-16-8-15(18)5-4-13(16)7-17(20)21/h2-6,8H,7,10H2,1H3. The molecule has 2 aromatic carbocycles. The Morgan fingerprint density at radius 3 is 2.81 bits per heavy atom. The first kappa shape index (κ1) is 13.7. The zero-order valence-electron chi connectivity index (χ0n) is 11.6. The van der Waals surface area contributed by atoms with Crippen LogP contribution in [0.25, 0.3) is 0 Å². The van der Waals surface area contributed by atoms with Gasteiger partial charge in [0, 0.05) is 10.7 Å². The molecule has 0 fully saturated rings. The zero-order valence-corrected chi connectivity index (χ0v) is 12.3. The Kier molecular flexibility index (Phi) is 3.40. The number of rotatable bonds is 2. The molecule has 0 atom stereocenters. The molecule has 1 heterocycles. The van der Waals surface area contributed by atoms with Crippen LogP contribution in [0.1, 0.15) is 22.3 Å². The number of hydrogen-bond acceptors (Lipinski definition) is 2. The molecular formula is C17H13ClN2O. The van der Waals surface area contributed by atoms with E-state index in [1.54, 1.807) is 11.0 Å². The fourth-order valence-corrected chi connectivity index (χ4v) is 2.78. The van der Waals surface area contributed by atoms with Crippen LogP contribution >= 0.6 is 11.6 Å². The second-order valence-corrected chi connectivity index (χ2v) is 5.62. The van der Waals surface area contributed by atoms with E-state index in [1.807, 2.05) is 37.3 Å². The minimum atomic E-state index is 0.0797. The van der Waals surface area contributed by atoms with E-state index in [1.165, 1.54) is 0 Å². The summed E-state index contributed by atoms with van der Waals surface area (Å²) in [6.45, 7) is 2.46. The largest absolute Gasteiger partial charge is 0.307 e. The summed E-state index contributed by atoms with van der Waals surface area (Å²) >= 11 is 6.04. The van der Waals surface area contributed by atoms with Crippen LogP contribution in [0, 0.1) is 18.3 Å². The van der Waals surface area contributed by atoms with Crippen molar-refractivity contribution in [3.05, 3.63) is 63.7 Å². The number of nitrogens with zero attached hydrogens (tertiary/aromatic N) is 2. The van der Waals surface area contributed by atoms with Crippen molar-refractivity contribution >= 4 is 23.2 Å². The Bertz CT molecular complexity index is 777. The fraction of sp³-hybridized carbons (Fsp3) is 0.176. The number of hydrogen-bond donors (Lipinski definition) is 0. The summed E-state index contributed by atoms with van der Waals surface area (Å²) in [6.07, 6.45) is 0.418. The normalized spacial score (nSPS) is 13.2. The molecule has 21 heavy (non-hydrogen) atoms. The van der Waals surface area contributed by atoms with E-state index in [4.69, 9.17) is 16.9 Å². The van der Waals surface area contributed by atoms with Crippen molar-refractivity contribution in [1.82, 2.24) is 0 Å². The molecule has 0 bridgehead atoms. The van der Waals surface area contributed by atoms with Crippen molar-refractivity contribution in [3.63, 3.8) is 0 Å². The smallest absolute Gasteiger partial charge is 0.231 e. The van der Waals surface area contributed by atoms with Gasteiger partial charge in [0.15, 0.2) is 0 Å². The maximum Gasteiger partial charge on any atom is 0.231 e.